The van der Waals surface area contributed by atoms with Gasteiger partial charge in [0.15, 0.2) is 5.78 Å². The Morgan fingerprint density at radius 2 is 1.07 bits per heavy atom. The van der Waals surface area contributed by atoms with E-state index in [9.17, 15) is 4.79 Å². The zero-order valence-corrected chi connectivity index (χ0v) is 10.2. The van der Waals surface area contributed by atoms with Gasteiger partial charge in [-0.1, -0.05) is 53.7 Å². The minimum absolute atomic E-state index is 0.0647. The molecule has 0 aromatic heterocycles. The third kappa shape index (κ3) is 9.24. The number of carbonyl (C=O) groups is 1. The Bertz CT molecular complexity index is 217. The molecule has 0 radical (unpaired) electrons. The summed E-state index contributed by atoms with van der Waals surface area (Å²) in [6.07, 6.45) is 7.15. The normalized spacial score (nSPS) is 14.1. The number of hydrogen-bond acceptors (Lipinski definition) is 1. The van der Waals surface area contributed by atoms with Crippen molar-refractivity contribution in [2.45, 2.75) is 41.5 Å². The summed E-state index contributed by atoms with van der Waals surface area (Å²) in [6, 6.07) is 0. The molecular formula is C13H22O. The van der Waals surface area contributed by atoms with Crippen LogP contribution in [-0.4, -0.2) is 5.78 Å². The van der Waals surface area contributed by atoms with Gasteiger partial charge in [-0.15, -0.1) is 0 Å². The average Bonchev–Trinajstić information content (AvgIpc) is 1.94. The van der Waals surface area contributed by atoms with Crippen LogP contribution in [0.15, 0.2) is 24.3 Å². The molecule has 0 saturated carbocycles. The summed E-state index contributed by atoms with van der Waals surface area (Å²) >= 11 is 0. The van der Waals surface area contributed by atoms with Crippen LogP contribution in [0.1, 0.15) is 41.5 Å². The second-order valence-corrected chi connectivity index (χ2v) is 5.80. The molecular weight excluding hydrogens is 172 g/mol. The molecule has 0 saturated heterocycles. The van der Waals surface area contributed by atoms with Crippen molar-refractivity contribution >= 4 is 5.78 Å². The Morgan fingerprint density at radius 1 is 0.786 bits per heavy atom. The maximum Gasteiger partial charge on any atom is 0.178 e. The molecule has 1 nitrogen and oxygen atoms in total. The number of hydrogen-bond donors (Lipinski definition) is 0. The molecule has 0 aliphatic rings. The topological polar surface area (TPSA) is 17.1 Å². The lowest BCUT2D eigenvalue weighted by molar-refractivity contribution is -0.110. The third-order valence-electron chi connectivity index (χ3n) is 1.50. The molecule has 0 spiro atoms. The van der Waals surface area contributed by atoms with E-state index >= 15 is 0 Å². The van der Waals surface area contributed by atoms with Crippen LogP contribution in [0.3, 0.4) is 0 Å². The van der Waals surface area contributed by atoms with Gasteiger partial charge in [-0.25, -0.2) is 0 Å². The predicted molar refractivity (Wildman–Crippen MR) is 62.2 cm³/mol. The van der Waals surface area contributed by atoms with Crippen LogP contribution in [0.2, 0.25) is 0 Å². The van der Waals surface area contributed by atoms with Crippen molar-refractivity contribution < 1.29 is 4.79 Å². The highest BCUT2D eigenvalue weighted by atomic mass is 16.1. The Morgan fingerprint density at radius 3 is 1.29 bits per heavy atom. The first-order valence-corrected chi connectivity index (χ1v) is 5.03. The Hall–Kier alpha value is -0.850. The van der Waals surface area contributed by atoms with Crippen LogP contribution >= 0.6 is 0 Å². The molecule has 0 aliphatic heterocycles. The summed E-state index contributed by atoms with van der Waals surface area (Å²) in [5.41, 5.74) is 0.149. The van der Waals surface area contributed by atoms with Crippen LogP contribution in [-0.2, 0) is 4.79 Å². The van der Waals surface area contributed by atoms with Crippen LogP contribution in [0.5, 0.6) is 0 Å². The molecule has 0 aromatic carbocycles. The van der Waals surface area contributed by atoms with Crippen molar-refractivity contribution in [3.63, 3.8) is 0 Å². The summed E-state index contributed by atoms with van der Waals surface area (Å²) in [6.45, 7) is 12.4. The monoisotopic (exact) mass is 194 g/mol. The summed E-state index contributed by atoms with van der Waals surface area (Å²) in [4.78, 5) is 11.4. The smallest absolute Gasteiger partial charge is 0.178 e. The molecule has 0 heterocycles. The molecule has 0 amide bonds. The van der Waals surface area contributed by atoms with E-state index in [1.807, 2.05) is 12.2 Å². The molecule has 0 N–H and O–H groups in total. The Balaban J connectivity index is 4.27. The molecule has 0 aromatic rings. The van der Waals surface area contributed by atoms with Gasteiger partial charge in [-0.05, 0) is 23.0 Å². The Kier molecular flexibility index (Phi) is 4.31. The first-order valence-electron chi connectivity index (χ1n) is 5.03. The summed E-state index contributed by atoms with van der Waals surface area (Å²) in [7, 11) is 0. The summed E-state index contributed by atoms with van der Waals surface area (Å²) < 4.78 is 0. The van der Waals surface area contributed by atoms with E-state index in [0.717, 1.165) is 0 Å². The quantitative estimate of drug-likeness (QED) is 0.612. The molecule has 0 rings (SSSR count). The number of carbonyl (C=O) groups excluding carboxylic acids is 1. The zero-order valence-electron chi connectivity index (χ0n) is 10.2. The summed E-state index contributed by atoms with van der Waals surface area (Å²) in [5, 5.41) is 0. The van der Waals surface area contributed by atoms with E-state index in [4.69, 9.17) is 0 Å². The van der Waals surface area contributed by atoms with Crippen molar-refractivity contribution in [2.75, 3.05) is 0 Å². The number of allylic oxidation sites excluding steroid dienone is 4. The molecule has 0 atom stereocenters. The van der Waals surface area contributed by atoms with Crippen molar-refractivity contribution in [1.29, 1.82) is 0 Å². The fourth-order valence-electron chi connectivity index (χ4n) is 0.720. The maximum absolute atomic E-state index is 11.4. The van der Waals surface area contributed by atoms with Crippen molar-refractivity contribution in [3.05, 3.63) is 24.3 Å². The lowest BCUT2D eigenvalue weighted by Crippen LogP contribution is -2.02. The summed E-state index contributed by atoms with van der Waals surface area (Å²) in [5.74, 6) is 0.0647. The highest BCUT2D eigenvalue weighted by Crippen LogP contribution is 2.16. The lowest BCUT2D eigenvalue weighted by Gasteiger charge is -2.11. The molecule has 14 heavy (non-hydrogen) atoms. The van der Waals surface area contributed by atoms with Crippen LogP contribution in [0.4, 0.5) is 0 Å². The van der Waals surface area contributed by atoms with Gasteiger partial charge in [0.1, 0.15) is 0 Å². The number of rotatable bonds is 2. The molecule has 0 fully saturated rings. The predicted octanol–water partition coefficient (Wildman–Crippen LogP) is 3.76. The van der Waals surface area contributed by atoms with Gasteiger partial charge in [0.05, 0.1) is 0 Å². The second-order valence-electron chi connectivity index (χ2n) is 5.80. The minimum atomic E-state index is 0.0647. The van der Waals surface area contributed by atoms with Gasteiger partial charge < -0.3 is 0 Å². The highest BCUT2D eigenvalue weighted by molar-refractivity contribution is 5.99. The van der Waals surface area contributed by atoms with E-state index in [1.54, 1.807) is 12.2 Å². The maximum atomic E-state index is 11.4. The molecule has 0 unspecified atom stereocenters. The number of ketones is 1. The zero-order chi connectivity index (χ0) is 11.4. The second kappa shape index (κ2) is 4.59. The third-order valence-corrected chi connectivity index (χ3v) is 1.50. The molecule has 0 aliphatic carbocycles. The van der Waals surface area contributed by atoms with Gasteiger partial charge in [0, 0.05) is 0 Å². The van der Waals surface area contributed by atoms with Gasteiger partial charge >= 0.3 is 0 Å². The molecule has 1 heteroatoms. The SMILES string of the molecule is CC(C)(C)C=CC(=O)/C=C/C(C)(C)C. The molecule has 80 valence electrons. The first kappa shape index (κ1) is 13.2. The largest absolute Gasteiger partial charge is 0.290 e. The van der Waals surface area contributed by atoms with Gasteiger partial charge in [0.2, 0.25) is 0 Å². The van der Waals surface area contributed by atoms with Gasteiger partial charge in [-0.2, -0.15) is 0 Å². The van der Waals surface area contributed by atoms with E-state index in [-0.39, 0.29) is 16.6 Å². The van der Waals surface area contributed by atoms with Crippen molar-refractivity contribution in [1.82, 2.24) is 0 Å². The van der Waals surface area contributed by atoms with Crippen molar-refractivity contribution in [2.24, 2.45) is 10.8 Å². The highest BCUT2D eigenvalue weighted by Gasteiger charge is 2.06. The average molecular weight is 194 g/mol. The van der Waals surface area contributed by atoms with E-state index in [2.05, 4.69) is 41.5 Å². The fraction of sp³-hybridized carbons (Fsp3) is 0.615. The van der Waals surface area contributed by atoms with E-state index in [1.165, 1.54) is 0 Å². The first-order chi connectivity index (χ1) is 6.10. The molecule has 0 bridgehead atoms. The van der Waals surface area contributed by atoms with Gasteiger partial charge in [0.25, 0.3) is 0 Å². The van der Waals surface area contributed by atoms with Crippen LogP contribution in [0, 0.1) is 10.8 Å². The van der Waals surface area contributed by atoms with Gasteiger partial charge in [-0.3, -0.25) is 4.79 Å². The van der Waals surface area contributed by atoms with Crippen molar-refractivity contribution in [3.8, 4) is 0 Å². The fourth-order valence-corrected chi connectivity index (χ4v) is 0.720. The van der Waals surface area contributed by atoms with E-state index in [0.29, 0.717) is 0 Å². The Labute approximate surface area is 87.9 Å². The van der Waals surface area contributed by atoms with Crippen LogP contribution in [0.25, 0.3) is 0 Å². The standard InChI is InChI=1S/C13H22O/c1-12(2,3)9-7-11(14)8-10-13(4,5)6/h7-10H,1-6H3/b9-7+,10-8?. The minimum Gasteiger partial charge on any atom is -0.290 e. The van der Waals surface area contributed by atoms with Crippen LogP contribution < -0.4 is 0 Å². The van der Waals surface area contributed by atoms with E-state index < -0.39 is 0 Å². The lowest BCUT2D eigenvalue weighted by atomic mass is 9.94.